The molecule has 0 aliphatic heterocycles. The summed E-state index contributed by atoms with van der Waals surface area (Å²) in [6.07, 6.45) is 2.31. The van der Waals surface area contributed by atoms with Gasteiger partial charge in [0.1, 0.15) is 18.7 Å². The van der Waals surface area contributed by atoms with E-state index in [0.29, 0.717) is 24.4 Å². The van der Waals surface area contributed by atoms with Gasteiger partial charge in [0.15, 0.2) is 0 Å². The second kappa shape index (κ2) is 18.7. The number of carbonyl (C=O) groups excluding carboxylic acids is 4. The average Bonchev–Trinajstić information content (AvgIpc) is 3.32. The minimum Gasteiger partial charge on any atom is -0.443 e. The summed E-state index contributed by atoms with van der Waals surface area (Å²) >= 11 is 1.38. The molecule has 13 heteroatoms. The number of nitrogens with one attached hydrogen (secondary N) is 4. The SMILES string of the molecule is CSC[C@H](NC(=O)OCc1ccn(C)n1)C(=O)N[C@H](CC(C)C)[C@@H](O)C[C@@H](C)C(=O)N[C@@H](C(=O)NCC(C)C)C(C)C. The molecule has 0 fully saturated rings. The smallest absolute Gasteiger partial charge is 0.408 e. The van der Waals surface area contributed by atoms with Crippen molar-refractivity contribution in [3.63, 3.8) is 0 Å². The molecule has 1 aromatic heterocycles. The van der Waals surface area contributed by atoms with Gasteiger partial charge in [0, 0.05) is 31.5 Å². The Morgan fingerprint density at radius 1 is 0.952 bits per heavy atom. The van der Waals surface area contributed by atoms with Crippen molar-refractivity contribution in [1.82, 2.24) is 31.0 Å². The molecule has 0 aliphatic rings. The van der Waals surface area contributed by atoms with Gasteiger partial charge in [0.25, 0.3) is 0 Å². The summed E-state index contributed by atoms with van der Waals surface area (Å²) in [5.74, 6) is -1.07. The molecule has 1 aromatic rings. The molecule has 0 spiro atoms. The molecule has 12 nitrogen and oxygen atoms in total. The van der Waals surface area contributed by atoms with Crippen LogP contribution < -0.4 is 21.3 Å². The Hall–Kier alpha value is -2.80. The molecule has 0 bridgehead atoms. The fourth-order valence-corrected chi connectivity index (χ4v) is 4.76. The number of carbonyl (C=O) groups is 4. The zero-order chi connectivity index (χ0) is 32.0. The number of aromatic nitrogens is 2. The molecular formula is C29H52N6O6S. The van der Waals surface area contributed by atoms with Gasteiger partial charge in [-0.05, 0) is 42.9 Å². The molecule has 0 saturated heterocycles. The van der Waals surface area contributed by atoms with Crippen molar-refractivity contribution in [2.75, 3.05) is 18.6 Å². The molecule has 0 saturated carbocycles. The topological polar surface area (TPSA) is 164 Å². The lowest BCUT2D eigenvalue weighted by molar-refractivity contribution is -0.132. The van der Waals surface area contributed by atoms with Crippen LogP contribution in [0.4, 0.5) is 4.79 Å². The normalized spacial score (nSPS) is 15.1. The van der Waals surface area contributed by atoms with E-state index in [1.54, 1.807) is 30.9 Å². The molecule has 0 aliphatic carbocycles. The van der Waals surface area contributed by atoms with Gasteiger partial charge < -0.3 is 31.1 Å². The maximum atomic E-state index is 13.2. The second-order valence-electron chi connectivity index (χ2n) is 12.0. The van der Waals surface area contributed by atoms with Crippen LogP contribution in [0.5, 0.6) is 0 Å². The van der Waals surface area contributed by atoms with Crippen LogP contribution in [0.2, 0.25) is 0 Å². The van der Waals surface area contributed by atoms with Crippen molar-refractivity contribution >= 4 is 35.6 Å². The van der Waals surface area contributed by atoms with Crippen LogP contribution in [0.1, 0.15) is 67.0 Å². The van der Waals surface area contributed by atoms with Gasteiger partial charge in [0.05, 0.1) is 17.8 Å². The number of aliphatic hydroxyl groups excluding tert-OH is 1. The van der Waals surface area contributed by atoms with Crippen molar-refractivity contribution in [3.05, 3.63) is 18.0 Å². The van der Waals surface area contributed by atoms with Crippen molar-refractivity contribution in [2.45, 2.75) is 92.1 Å². The Morgan fingerprint density at radius 3 is 2.14 bits per heavy atom. The summed E-state index contributed by atoms with van der Waals surface area (Å²) in [4.78, 5) is 51.3. The maximum absolute atomic E-state index is 13.2. The Kier molecular flexibility index (Phi) is 16.6. The van der Waals surface area contributed by atoms with Gasteiger partial charge in [-0.2, -0.15) is 16.9 Å². The highest BCUT2D eigenvalue weighted by atomic mass is 32.2. The second-order valence-corrected chi connectivity index (χ2v) is 12.9. The molecule has 0 unspecified atom stereocenters. The number of hydrogen-bond donors (Lipinski definition) is 5. The minimum absolute atomic E-state index is 0.0357. The van der Waals surface area contributed by atoms with Crippen molar-refractivity contribution in [2.24, 2.45) is 30.7 Å². The van der Waals surface area contributed by atoms with Gasteiger partial charge in [-0.15, -0.1) is 0 Å². The molecule has 5 N–H and O–H groups in total. The Bertz CT molecular complexity index is 1000. The summed E-state index contributed by atoms with van der Waals surface area (Å²) in [5.41, 5.74) is 0.577. The van der Waals surface area contributed by atoms with Crippen LogP contribution >= 0.6 is 11.8 Å². The quantitative estimate of drug-likeness (QED) is 0.168. The van der Waals surface area contributed by atoms with E-state index in [0.717, 1.165) is 0 Å². The highest BCUT2D eigenvalue weighted by Gasteiger charge is 2.31. The predicted octanol–water partition coefficient (Wildman–Crippen LogP) is 2.21. The fourth-order valence-electron chi connectivity index (χ4n) is 4.20. The van der Waals surface area contributed by atoms with Gasteiger partial charge >= 0.3 is 6.09 Å². The highest BCUT2D eigenvalue weighted by molar-refractivity contribution is 7.98. The number of aryl methyl sites for hydroxylation is 1. The van der Waals surface area contributed by atoms with Gasteiger partial charge in [-0.25, -0.2) is 4.79 Å². The molecule has 240 valence electrons. The standard InChI is InChI=1S/C29H52N6O6S/c1-17(2)12-22(24(36)13-20(7)26(37)33-25(19(5)6)28(39)30-14-18(3)4)31-27(38)23(16-42-9)32-29(40)41-15-21-10-11-35(8)34-21/h10-11,17-20,22-25,36H,12-16H2,1-9H3,(H,30,39)(H,31,38)(H,32,40)(H,33,37)/t20-,22-,23+,24+,25-/m1/s1. The fraction of sp³-hybridized carbons (Fsp3) is 0.759. The third kappa shape index (κ3) is 13.9. The van der Waals surface area contributed by atoms with Gasteiger partial charge in [-0.1, -0.05) is 48.5 Å². The molecular weight excluding hydrogens is 560 g/mol. The Morgan fingerprint density at radius 2 is 1.62 bits per heavy atom. The van der Waals surface area contributed by atoms with E-state index in [1.165, 1.54) is 11.8 Å². The van der Waals surface area contributed by atoms with Crippen LogP contribution in [0.25, 0.3) is 0 Å². The minimum atomic E-state index is -1.03. The predicted molar refractivity (Wildman–Crippen MR) is 164 cm³/mol. The van der Waals surface area contributed by atoms with E-state index in [1.807, 2.05) is 47.8 Å². The van der Waals surface area contributed by atoms with Crippen LogP contribution in [-0.2, 0) is 32.8 Å². The molecule has 42 heavy (non-hydrogen) atoms. The summed E-state index contributed by atoms with van der Waals surface area (Å²) in [5, 5.41) is 26.5. The number of rotatable bonds is 18. The average molecular weight is 613 g/mol. The van der Waals surface area contributed by atoms with Crippen LogP contribution in [0.3, 0.4) is 0 Å². The summed E-state index contributed by atoms with van der Waals surface area (Å²) in [6.45, 7) is 13.8. The molecule has 0 radical (unpaired) electrons. The van der Waals surface area contributed by atoms with E-state index in [2.05, 4.69) is 26.4 Å². The lowest BCUT2D eigenvalue weighted by atomic mass is 9.91. The van der Waals surface area contributed by atoms with Crippen LogP contribution in [0, 0.1) is 23.7 Å². The molecule has 4 amide bonds. The van der Waals surface area contributed by atoms with E-state index in [-0.39, 0.29) is 42.6 Å². The maximum Gasteiger partial charge on any atom is 0.408 e. The Labute approximate surface area is 254 Å². The number of aliphatic hydroxyl groups is 1. The summed E-state index contributed by atoms with van der Waals surface area (Å²) < 4.78 is 6.81. The number of ether oxygens (including phenoxy) is 1. The third-order valence-electron chi connectivity index (χ3n) is 6.55. The monoisotopic (exact) mass is 612 g/mol. The largest absolute Gasteiger partial charge is 0.443 e. The first-order chi connectivity index (χ1) is 19.6. The lowest BCUT2D eigenvalue weighted by Gasteiger charge is -2.30. The third-order valence-corrected chi connectivity index (χ3v) is 7.22. The first kappa shape index (κ1) is 37.2. The van der Waals surface area contributed by atoms with E-state index in [4.69, 9.17) is 4.74 Å². The van der Waals surface area contributed by atoms with E-state index in [9.17, 15) is 24.3 Å². The summed E-state index contributed by atoms with van der Waals surface area (Å²) in [6, 6.07) is -0.519. The molecule has 5 atom stereocenters. The zero-order valence-corrected chi connectivity index (χ0v) is 27.4. The first-order valence-electron chi connectivity index (χ1n) is 14.6. The molecule has 1 rings (SSSR count). The zero-order valence-electron chi connectivity index (χ0n) is 26.6. The Balaban J connectivity index is 2.83. The van der Waals surface area contributed by atoms with E-state index >= 15 is 0 Å². The number of amides is 4. The van der Waals surface area contributed by atoms with Gasteiger partial charge in [0.2, 0.25) is 17.7 Å². The summed E-state index contributed by atoms with van der Waals surface area (Å²) in [7, 11) is 1.76. The molecule has 0 aromatic carbocycles. The van der Waals surface area contributed by atoms with E-state index < -0.39 is 42.1 Å². The van der Waals surface area contributed by atoms with Crippen LogP contribution in [-0.4, -0.2) is 81.5 Å². The number of thioether (sulfide) groups is 1. The van der Waals surface area contributed by atoms with Crippen molar-refractivity contribution in [1.29, 1.82) is 0 Å². The number of hydrogen-bond acceptors (Lipinski definition) is 8. The number of nitrogens with zero attached hydrogens (tertiary/aromatic N) is 2. The lowest BCUT2D eigenvalue weighted by Crippen LogP contribution is -2.54. The van der Waals surface area contributed by atoms with Gasteiger partial charge in [-0.3, -0.25) is 19.1 Å². The van der Waals surface area contributed by atoms with Crippen LogP contribution in [0.15, 0.2) is 12.3 Å². The molecule has 1 heterocycles. The highest BCUT2D eigenvalue weighted by Crippen LogP contribution is 2.17. The first-order valence-corrected chi connectivity index (χ1v) is 16.0. The van der Waals surface area contributed by atoms with Crippen molar-refractivity contribution < 1.29 is 29.0 Å². The van der Waals surface area contributed by atoms with Crippen molar-refractivity contribution in [3.8, 4) is 0 Å². The number of alkyl carbamates (subject to hydrolysis) is 1.